The third kappa shape index (κ3) is 2.34. The van der Waals surface area contributed by atoms with E-state index >= 15 is 0 Å². The molecule has 0 saturated carbocycles. The maximum absolute atomic E-state index is 12.0. The normalized spacial score (nSPS) is 14.5. The summed E-state index contributed by atoms with van der Waals surface area (Å²) >= 11 is 0. The van der Waals surface area contributed by atoms with E-state index in [9.17, 15) is 10.1 Å². The number of rotatable bonds is 5. The molecule has 0 bridgehead atoms. The van der Waals surface area contributed by atoms with Crippen molar-refractivity contribution in [1.82, 2.24) is 4.90 Å². The van der Waals surface area contributed by atoms with Crippen LogP contribution in [0.5, 0.6) is 0 Å². The lowest BCUT2D eigenvalue weighted by Crippen LogP contribution is -2.26. The standard InChI is InChI=1S/C21H20N4O/c1-3-25(4-2)11-10-23-17-9-8-14-18-13(17)6-5-7-15(18)20-19(14)16(12-22)21(26)24-20/h5-9H,3-4,10-11H2,1-2H3,(H,24,26). The van der Waals surface area contributed by atoms with E-state index in [1.165, 1.54) is 0 Å². The van der Waals surface area contributed by atoms with Crippen LogP contribution in [0, 0.1) is 21.8 Å². The Morgan fingerprint density at radius 2 is 1.88 bits per heavy atom. The molecule has 1 aliphatic heterocycles. The van der Waals surface area contributed by atoms with Gasteiger partial charge >= 0.3 is 0 Å². The summed E-state index contributed by atoms with van der Waals surface area (Å²) in [6.45, 7) is 8.06. The van der Waals surface area contributed by atoms with Gasteiger partial charge in [0.1, 0.15) is 11.6 Å². The number of nitriles is 1. The summed E-state index contributed by atoms with van der Waals surface area (Å²) in [5.41, 5.74) is 0.955. The Bertz CT molecular complexity index is 1220. The third-order valence-corrected chi connectivity index (χ3v) is 5.23. The molecule has 0 unspecified atom stereocenters. The van der Waals surface area contributed by atoms with Crippen LogP contribution in [-0.2, 0) is 4.79 Å². The average molecular weight is 344 g/mol. The van der Waals surface area contributed by atoms with Crippen molar-refractivity contribution in [3.8, 4) is 6.07 Å². The summed E-state index contributed by atoms with van der Waals surface area (Å²) in [4.78, 5) is 19.2. The number of nitrogens with one attached hydrogen (secondary N) is 1. The van der Waals surface area contributed by atoms with Crippen molar-refractivity contribution in [3.05, 3.63) is 51.3 Å². The van der Waals surface area contributed by atoms with Crippen molar-refractivity contribution >= 4 is 27.9 Å². The van der Waals surface area contributed by atoms with Gasteiger partial charge in [0.25, 0.3) is 5.91 Å². The largest absolute Gasteiger partial charge is 0.320 e. The minimum atomic E-state index is -0.312. The van der Waals surface area contributed by atoms with Crippen molar-refractivity contribution < 1.29 is 4.79 Å². The molecule has 26 heavy (non-hydrogen) atoms. The highest BCUT2D eigenvalue weighted by Crippen LogP contribution is 2.25. The van der Waals surface area contributed by atoms with Gasteiger partial charge in [0.05, 0.1) is 17.6 Å². The number of carbonyl (C=O) groups excluding carboxylic acids is 1. The minimum absolute atomic E-state index is 0.198. The quantitative estimate of drug-likeness (QED) is 0.764. The lowest BCUT2D eigenvalue weighted by Gasteiger charge is -2.15. The number of anilines is 1. The van der Waals surface area contributed by atoms with Crippen LogP contribution in [0.2, 0.25) is 0 Å². The van der Waals surface area contributed by atoms with Crippen LogP contribution in [0.25, 0.3) is 16.3 Å². The maximum Gasteiger partial charge on any atom is 0.267 e. The van der Waals surface area contributed by atoms with Crippen molar-refractivity contribution in [2.24, 2.45) is 4.99 Å². The molecule has 1 aromatic carbocycles. The second kappa shape index (κ2) is 6.40. The molecule has 0 radical (unpaired) electrons. The zero-order valence-corrected chi connectivity index (χ0v) is 15.0. The number of likely N-dealkylation sites (N-methyl/N-ethyl adjacent to an activating group) is 1. The van der Waals surface area contributed by atoms with E-state index in [0.29, 0.717) is 0 Å². The number of nitrogens with zero attached hydrogens (tertiary/aromatic N) is 3. The summed E-state index contributed by atoms with van der Waals surface area (Å²) < 4.78 is 0. The van der Waals surface area contributed by atoms with Crippen LogP contribution in [0.1, 0.15) is 13.8 Å². The zero-order chi connectivity index (χ0) is 18.3. The van der Waals surface area contributed by atoms with Crippen LogP contribution in [0.3, 0.4) is 0 Å². The number of amides is 1. The fraction of sp³-hybridized carbons (Fsp3) is 0.286. The maximum atomic E-state index is 12.0. The lowest BCUT2D eigenvalue weighted by molar-refractivity contribution is -0.110. The van der Waals surface area contributed by atoms with Gasteiger partial charge in [-0.3, -0.25) is 9.79 Å². The Morgan fingerprint density at radius 3 is 2.62 bits per heavy atom. The fourth-order valence-corrected chi connectivity index (χ4v) is 3.85. The Kier molecular flexibility index (Phi) is 4.06. The van der Waals surface area contributed by atoms with Crippen LogP contribution in [0.15, 0.2) is 35.3 Å². The van der Waals surface area contributed by atoms with Crippen molar-refractivity contribution in [2.45, 2.75) is 13.8 Å². The number of hydrogen-bond acceptors (Lipinski definition) is 4. The Balaban J connectivity index is 1.94. The molecule has 130 valence electrons. The molecule has 5 heteroatoms. The van der Waals surface area contributed by atoms with Gasteiger partial charge in [-0.25, -0.2) is 0 Å². The fourth-order valence-electron chi connectivity index (χ4n) is 3.85. The minimum Gasteiger partial charge on any atom is -0.320 e. The second-order valence-electron chi connectivity index (χ2n) is 6.46. The van der Waals surface area contributed by atoms with E-state index in [2.05, 4.69) is 36.2 Å². The summed E-state index contributed by atoms with van der Waals surface area (Å²) in [5.74, 6) is -0.312. The van der Waals surface area contributed by atoms with E-state index < -0.39 is 0 Å². The van der Waals surface area contributed by atoms with E-state index in [0.717, 1.165) is 63.7 Å². The van der Waals surface area contributed by atoms with E-state index in [-0.39, 0.29) is 11.5 Å². The van der Waals surface area contributed by atoms with Gasteiger partial charge in [-0.1, -0.05) is 38.1 Å². The average Bonchev–Trinajstić information content (AvgIpc) is 3.15. The van der Waals surface area contributed by atoms with Crippen LogP contribution < -0.4 is 15.9 Å². The first-order chi connectivity index (χ1) is 12.7. The molecule has 2 aliphatic carbocycles. The highest BCUT2D eigenvalue weighted by Gasteiger charge is 2.25. The number of carbonyl (C=O) groups is 1. The summed E-state index contributed by atoms with van der Waals surface area (Å²) in [7, 11) is 0. The Hall–Kier alpha value is -2.97. The molecular weight excluding hydrogens is 324 g/mol. The van der Waals surface area contributed by atoms with Gasteiger partial charge in [0.2, 0.25) is 0 Å². The number of benzene rings is 1. The van der Waals surface area contributed by atoms with Crippen LogP contribution >= 0.6 is 0 Å². The Labute approximate surface area is 151 Å². The monoisotopic (exact) mass is 344 g/mol. The smallest absolute Gasteiger partial charge is 0.267 e. The van der Waals surface area contributed by atoms with Crippen LogP contribution in [0.4, 0.5) is 5.69 Å². The summed E-state index contributed by atoms with van der Waals surface area (Å²) in [5, 5.41) is 18.0. The molecule has 1 N–H and O–H groups in total. The molecule has 3 aliphatic rings. The van der Waals surface area contributed by atoms with Crippen molar-refractivity contribution in [2.75, 3.05) is 31.5 Å². The first-order valence-electron chi connectivity index (χ1n) is 8.99. The highest BCUT2D eigenvalue weighted by atomic mass is 16.1. The van der Waals surface area contributed by atoms with Gasteiger partial charge in [-0.2, -0.15) is 5.26 Å². The van der Waals surface area contributed by atoms with Gasteiger partial charge < -0.3 is 10.2 Å². The zero-order valence-electron chi connectivity index (χ0n) is 15.0. The molecule has 0 aromatic heterocycles. The number of hydrogen-bond donors (Lipinski definition) is 1. The van der Waals surface area contributed by atoms with Gasteiger partial charge in [0, 0.05) is 27.8 Å². The molecule has 5 nitrogen and oxygen atoms in total. The molecule has 0 atom stereocenters. The molecule has 0 fully saturated rings. The molecule has 0 spiro atoms. The van der Waals surface area contributed by atoms with Crippen molar-refractivity contribution in [1.29, 1.82) is 5.26 Å². The summed E-state index contributed by atoms with van der Waals surface area (Å²) in [6, 6.07) is 12.1. The second-order valence-corrected chi connectivity index (χ2v) is 6.46. The first-order valence-corrected chi connectivity index (χ1v) is 8.99. The van der Waals surface area contributed by atoms with Gasteiger partial charge in [-0.05, 0) is 24.4 Å². The predicted octanol–water partition coefficient (Wildman–Crippen LogP) is 1.59. The molecule has 4 rings (SSSR count). The highest BCUT2D eigenvalue weighted by molar-refractivity contribution is 6.30. The first kappa shape index (κ1) is 16.5. The molecule has 1 amide bonds. The Morgan fingerprint density at radius 1 is 1.12 bits per heavy atom. The van der Waals surface area contributed by atoms with Gasteiger partial charge in [0.15, 0.2) is 0 Å². The SMILES string of the molecule is CCN(CC)CCN=c1ccc2c3c(c4cccc1c4=2)NC(=O)C=3C#N. The molecule has 0 saturated heterocycles. The molecular formula is C21H20N4O. The van der Waals surface area contributed by atoms with Crippen molar-refractivity contribution in [3.63, 3.8) is 0 Å². The topological polar surface area (TPSA) is 68.5 Å². The van der Waals surface area contributed by atoms with E-state index in [1.54, 1.807) is 0 Å². The molecule has 1 aromatic rings. The van der Waals surface area contributed by atoms with Crippen LogP contribution in [-0.4, -0.2) is 37.0 Å². The third-order valence-electron chi connectivity index (χ3n) is 5.23. The van der Waals surface area contributed by atoms with E-state index in [4.69, 9.17) is 4.99 Å². The molecule has 1 heterocycles. The number of fused-ring (bicyclic) bond motifs is 3. The predicted molar refractivity (Wildman–Crippen MR) is 102 cm³/mol. The van der Waals surface area contributed by atoms with Gasteiger partial charge in [-0.15, -0.1) is 0 Å². The lowest BCUT2D eigenvalue weighted by atomic mass is 10.1. The van der Waals surface area contributed by atoms with E-state index in [1.807, 2.05) is 24.3 Å². The summed E-state index contributed by atoms with van der Waals surface area (Å²) in [6.07, 6.45) is 0.